The van der Waals surface area contributed by atoms with Gasteiger partial charge in [-0.15, -0.1) is 0 Å². The average molecular weight is 231 g/mol. The molecule has 2 aromatic rings. The summed E-state index contributed by atoms with van der Waals surface area (Å²) in [6, 6.07) is 8.36. The molecule has 88 valence electrons. The largest absolute Gasteiger partial charge is 0.480 e. The second kappa shape index (κ2) is 4.80. The molecule has 0 bridgehead atoms. The number of carboxylic acids is 1. The number of pyridine rings is 1. The van der Waals surface area contributed by atoms with Crippen molar-refractivity contribution in [1.82, 2.24) is 9.55 Å². The molecule has 17 heavy (non-hydrogen) atoms. The predicted molar refractivity (Wildman–Crippen MR) is 62.9 cm³/mol. The molecule has 0 aliphatic heterocycles. The Morgan fingerprint density at radius 2 is 2.24 bits per heavy atom. The molecule has 5 heteroatoms. The molecule has 2 heterocycles. The summed E-state index contributed by atoms with van der Waals surface area (Å²) >= 11 is 0. The number of rotatable bonds is 4. The van der Waals surface area contributed by atoms with Crippen LogP contribution in [0.2, 0.25) is 0 Å². The van der Waals surface area contributed by atoms with Crippen LogP contribution in [-0.4, -0.2) is 26.7 Å². The maximum atomic E-state index is 10.7. The lowest BCUT2D eigenvalue weighted by atomic mass is 10.2. The van der Waals surface area contributed by atoms with E-state index in [0.29, 0.717) is 0 Å². The third-order valence-electron chi connectivity index (χ3n) is 2.48. The molecule has 0 saturated carbocycles. The van der Waals surface area contributed by atoms with Crippen LogP contribution in [0.1, 0.15) is 5.69 Å². The monoisotopic (exact) mass is 231 g/mol. The van der Waals surface area contributed by atoms with Crippen LogP contribution in [0.4, 0.5) is 0 Å². The van der Waals surface area contributed by atoms with Gasteiger partial charge in [-0.25, -0.2) is 4.98 Å². The van der Waals surface area contributed by atoms with E-state index in [0.717, 1.165) is 11.5 Å². The highest BCUT2D eigenvalue weighted by molar-refractivity contribution is 5.73. The zero-order valence-corrected chi connectivity index (χ0v) is 9.15. The standard InChI is InChI=1S/C12H13N3O2/c13-10(12(16)17)8-9-4-3-7-15(9)11-5-1-2-6-14-11/h1-7,10H,8,13H2,(H,16,17). The topological polar surface area (TPSA) is 81.1 Å². The first kappa shape index (κ1) is 11.3. The van der Waals surface area contributed by atoms with E-state index in [1.807, 2.05) is 41.1 Å². The number of nitrogens with two attached hydrogens (primary N) is 1. The van der Waals surface area contributed by atoms with E-state index in [1.54, 1.807) is 6.20 Å². The first-order valence-electron chi connectivity index (χ1n) is 5.24. The fourth-order valence-corrected chi connectivity index (χ4v) is 1.61. The molecule has 0 spiro atoms. The molecule has 1 atom stereocenters. The van der Waals surface area contributed by atoms with Crippen molar-refractivity contribution in [3.63, 3.8) is 0 Å². The molecule has 2 rings (SSSR count). The van der Waals surface area contributed by atoms with Gasteiger partial charge < -0.3 is 15.4 Å². The molecule has 3 N–H and O–H groups in total. The van der Waals surface area contributed by atoms with Crippen LogP contribution in [0, 0.1) is 0 Å². The normalized spacial score (nSPS) is 12.3. The Labute approximate surface area is 98.5 Å². The molecular formula is C12H13N3O2. The van der Waals surface area contributed by atoms with E-state index in [4.69, 9.17) is 10.8 Å². The molecule has 5 nitrogen and oxygen atoms in total. The van der Waals surface area contributed by atoms with Crippen molar-refractivity contribution in [1.29, 1.82) is 0 Å². The van der Waals surface area contributed by atoms with Gasteiger partial charge in [0.2, 0.25) is 0 Å². The Hall–Kier alpha value is -2.14. The maximum Gasteiger partial charge on any atom is 0.320 e. The molecule has 1 unspecified atom stereocenters. The Bertz CT molecular complexity index is 507. The molecule has 0 fully saturated rings. The zero-order valence-electron chi connectivity index (χ0n) is 9.15. The van der Waals surface area contributed by atoms with E-state index in [-0.39, 0.29) is 6.42 Å². The summed E-state index contributed by atoms with van der Waals surface area (Å²) in [5.74, 6) is -0.246. The van der Waals surface area contributed by atoms with Gasteiger partial charge in [0.05, 0.1) is 0 Å². The lowest BCUT2D eigenvalue weighted by molar-refractivity contribution is -0.138. The minimum Gasteiger partial charge on any atom is -0.480 e. The van der Waals surface area contributed by atoms with Gasteiger partial charge in [-0.3, -0.25) is 4.79 Å². The fourth-order valence-electron chi connectivity index (χ4n) is 1.61. The fraction of sp³-hybridized carbons (Fsp3) is 0.167. The number of hydrogen-bond acceptors (Lipinski definition) is 3. The van der Waals surface area contributed by atoms with Gasteiger partial charge >= 0.3 is 5.97 Å². The van der Waals surface area contributed by atoms with E-state index in [9.17, 15) is 4.79 Å². The van der Waals surface area contributed by atoms with Crippen molar-refractivity contribution < 1.29 is 9.90 Å². The number of nitrogens with zero attached hydrogens (tertiary/aromatic N) is 2. The highest BCUT2D eigenvalue weighted by Crippen LogP contribution is 2.11. The van der Waals surface area contributed by atoms with Crippen molar-refractivity contribution in [3.05, 3.63) is 48.4 Å². The molecule has 0 aliphatic rings. The van der Waals surface area contributed by atoms with Crippen LogP contribution in [0.3, 0.4) is 0 Å². The molecule has 0 aromatic carbocycles. The third-order valence-corrected chi connectivity index (χ3v) is 2.48. The van der Waals surface area contributed by atoms with Crippen molar-refractivity contribution in [2.24, 2.45) is 5.73 Å². The van der Waals surface area contributed by atoms with Gasteiger partial charge in [0.25, 0.3) is 0 Å². The summed E-state index contributed by atoms with van der Waals surface area (Å²) in [7, 11) is 0. The minimum absolute atomic E-state index is 0.277. The number of hydrogen-bond donors (Lipinski definition) is 2. The highest BCUT2D eigenvalue weighted by atomic mass is 16.4. The van der Waals surface area contributed by atoms with Crippen LogP contribution >= 0.6 is 0 Å². The van der Waals surface area contributed by atoms with Gasteiger partial charge in [-0.1, -0.05) is 6.07 Å². The first-order chi connectivity index (χ1) is 8.18. The van der Waals surface area contributed by atoms with E-state index >= 15 is 0 Å². The lowest BCUT2D eigenvalue weighted by Gasteiger charge is -2.10. The van der Waals surface area contributed by atoms with E-state index < -0.39 is 12.0 Å². The lowest BCUT2D eigenvalue weighted by Crippen LogP contribution is -2.32. The number of aliphatic carboxylic acids is 1. The van der Waals surface area contributed by atoms with Gasteiger partial charge in [0.15, 0.2) is 0 Å². The summed E-state index contributed by atoms with van der Waals surface area (Å²) in [5, 5.41) is 8.79. The minimum atomic E-state index is -1.00. The van der Waals surface area contributed by atoms with E-state index in [2.05, 4.69) is 4.98 Å². The summed E-state index contributed by atoms with van der Waals surface area (Å²) < 4.78 is 1.84. The quantitative estimate of drug-likeness (QED) is 0.816. The SMILES string of the molecule is NC(Cc1cccn1-c1ccccn1)C(=O)O. The van der Waals surface area contributed by atoms with Crippen molar-refractivity contribution >= 4 is 5.97 Å². The Morgan fingerprint density at radius 3 is 2.88 bits per heavy atom. The third kappa shape index (κ3) is 2.51. The van der Waals surface area contributed by atoms with Crippen LogP contribution in [-0.2, 0) is 11.2 Å². The number of aromatic nitrogens is 2. The summed E-state index contributed by atoms with van der Waals surface area (Å²) in [6.07, 6.45) is 3.81. The second-order valence-electron chi connectivity index (χ2n) is 3.71. The maximum absolute atomic E-state index is 10.7. The van der Waals surface area contributed by atoms with Crippen LogP contribution in [0.15, 0.2) is 42.7 Å². The summed E-state index contributed by atoms with van der Waals surface area (Å²) in [6.45, 7) is 0. The average Bonchev–Trinajstić information content (AvgIpc) is 2.78. The second-order valence-corrected chi connectivity index (χ2v) is 3.71. The molecule has 0 saturated heterocycles. The van der Waals surface area contributed by atoms with Crippen LogP contribution in [0.5, 0.6) is 0 Å². The smallest absolute Gasteiger partial charge is 0.320 e. The number of carboxylic acid groups (broad SMARTS) is 1. The Balaban J connectivity index is 2.26. The Kier molecular flexibility index (Phi) is 3.20. The highest BCUT2D eigenvalue weighted by Gasteiger charge is 2.14. The van der Waals surface area contributed by atoms with Gasteiger partial charge in [-0.2, -0.15) is 0 Å². The summed E-state index contributed by atoms with van der Waals surface area (Å²) in [5.41, 5.74) is 6.35. The van der Waals surface area contributed by atoms with Crippen molar-refractivity contribution in [2.45, 2.75) is 12.5 Å². The van der Waals surface area contributed by atoms with Crippen molar-refractivity contribution in [2.75, 3.05) is 0 Å². The molecule has 0 aliphatic carbocycles. The Morgan fingerprint density at radius 1 is 1.41 bits per heavy atom. The predicted octanol–water partition coefficient (Wildman–Crippen LogP) is 0.827. The van der Waals surface area contributed by atoms with Crippen molar-refractivity contribution in [3.8, 4) is 5.82 Å². The van der Waals surface area contributed by atoms with Gasteiger partial charge in [-0.05, 0) is 24.3 Å². The zero-order chi connectivity index (χ0) is 12.3. The van der Waals surface area contributed by atoms with Gasteiger partial charge in [0, 0.05) is 24.5 Å². The molecule has 2 aromatic heterocycles. The molecule has 0 radical (unpaired) electrons. The molecular weight excluding hydrogens is 218 g/mol. The first-order valence-corrected chi connectivity index (χ1v) is 5.24. The van der Waals surface area contributed by atoms with Gasteiger partial charge in [0.1, 0.15) is 11.9 Å². The van der Waals surface area contributed by atoms with Crippen LogP contribution in [0.25, 0.3) is 5.82 Å². The number of carbonyl (C=O) groups is 1. The van der Waals surface area contributed by atoms with Crippen LogP contribution < -0.4 is 5.73 Å². The van der Waals surface area contributed by atoms with E-state index in [1.165, 1.54) is 0 Å². The summed E-state index contributed by atoms with van der Waals surface area (Å²) in [4.78, 5) is 14.9. The molecule has 0 amide bonds.